The summed E-state index contributed by atoms with van der Waals surface area (Å²) in [5.74, 6) is 0.872. The quantitative estimate of drug-likeness (QED) is 0.376. The Morgan fingerprint density at radius 2 is 1.97 bits per heavy atom. The average molecular weight is 447 g/mol. The fourth-order valence-electron chi connectivity index (χ4n) is 2.90. The van der Waals surface area contributed by atoms with Crippen molar-refractivity contribution in [3.63, 3.8) is 0 Å². The lowest BCUT2D eigenvalue weighted by Crippen LogP contribution is -2.19. The number of fused-ring (bicyclic) bond motifs is 1. The van der Waals surface area contributed by atoms with E-state index in [0.29, 0.717) is 41.1 Å². The topological polar surface area (TPSA) is 62.1 Å². The van der Waals surface area contributed by atoms with Crippen molar-refractivity contribution in [2.75, 3.05) is 27.4 Å². The highest BCUT2D eigenvalue weighted by Crippen LogP contribution is 2.28. The number of hydrogen-bond donors (Lipinski definition) is 0. The van der Waals surface area contributed by atoms with Crippen LogP contribution in [0.3, 0.4) is 0 Å². The Bertz CT molecular complexity index is 1130. The van der Waals surface area contributed by atoms with Crippen molar-refractivity contribution in [3.8, 4) is 11.5 Å². The third kappa shape index (κ3) is 5.30. The van der Waals surface area contributed by atoms with Crippen molar-refractivity contribution in [1.82, 2.24) is 4.57 Å². The highest BCUT2D eigenvalue weighted by atomic mass is 35.5. The number of ether oxygens (including phenoxy) is 3. The number of thiazole rings is 1. The van der Waals surface area contributed by atoms with Crippen LogP contribution < -0.4 is 14.3 Å². The molecule has 0 aliphatic rings. The second-order valence-corrected chi connectivity index (χ2v) is 7.69. The Balaban J connectivity index is 1.90. The van der Waals surface area contributed by atoms with Crippen LogP contribution in [0.5, 0.6) is 11.5 Å². The Kier molecular flexibility index (Phi) is 7.68. The maximum Gasteiger partial charge on any atom is 0.272 e. The molecule has 6 nitrogen and oxygen atoms in total. The fraction of sp³-hybridized carbons (Fsp3) is 0.273. The molecule has 3 aromatic rings. The molecule has 0 fully saturated rings. The smallest absolute Gasteiger partial charge is 0.272 e. The normalized spacial score (nSPS) is 12.1. The van der Waals surface area contributed by atoms with Gasteiger partial charge in [-0.3, -0.25) is 4.79 Å². The number of amides is 1. The van der Waals surface area contributed by atoms with Gasteiger partial charge in [0.1, 0.15) is 0 Å². The van der Waals surface area contributed by atoms with Crippen LogP contribution in [0.2, 0.25) is 5.02 Å². The first-order valence-corrected chi connectivity index (χ1v) is 10.6. The van der Waals surface area contributed by atoms with Crippen LogP contribution in [-0.2, 0) is 16.1 Å². The third-order valence-electron chi connectivity index (χ3n) is 4.34. The zero-order valence-corrected chi connectivity index (χ0v) is 18.6. The van der Waals surface area contributed by atoms with E-state index in [1.54, 1.807) is 32.4 Å². The van der Waals surface area contributed by atoms with Crippen LogP contribution in [0.15, 0.2) is 47.5 Å². The maximum atomic E-state index is 12.5. The number of hydrogen-bond acceptors (Lipinski definition) is 5. The minimum Gasteiger partial charge on any atom is -0.493 e. The summed E-state index contributed by atoms with van der Waals surface area (Å²) in [4.78, 5) is 17.4. The fourth-order valence-corrected chi connectivity index (χ4v) is 4.24. The van der Waals surface area contributed by atoms with Gasteiger partial charge in [-0.1, -0.05) is 29.0 Å². The van der Waals surface area contributed by atoms with Gasteiger partial charge in [0.25, 0.3) is 5.91 Å². The molecule has 2 aromatic carbocycles. The standard InChI is InChI=1S/C22H23ClN2O4S/c1-4-29-12-11-25-17-8-7-16(23)14-20(17)30-22(25)24-21(26)10-6-15-5-9-18(27-2)19(13-15)28-3/h5-10,13-14H,4,11-12H2,1-3H3/b10-6-,24-22?. The van der Waals surface area contributed by atoms with Gasteiger partial charge >= 0.3 is 0 Å². The maximum absolute atomic E-state index is 12.5. The number of nitrogens with zero attached hydrogens (tertiary/aromatic N) is 2. The van der Waals surface area contributed by atoms with Crippen LogP contribution in [0, 0.1) is 0 Å². The summed E-state index contributed by atoms with van der Waals surface area (Å²) in [6, 6.07) is 11.1. The SMILES string of the molecule is CCOCCn1c(=NC(=O)/C=C\c2ccc(OC)c(OC)c2)sc2cc(Cl)ccc21. The highest BCUT2D eigenvalue weighted by Gasteiger charge is 2.08. The van der Waals surface area contributed by atoms with Crippen molar-refractivity contribution in [2.45, 2.75) is 13.5 Å². The largest absolute Gasteiger partial charge is 0.493 e. The van der Waals surface area contributed by atoms with Crippen molar-refractivity contribution in [1.29, 1.82) is 0 Å². The van der Waals surface area contributed by atoms with Gasteiger partial charge in [-0.15, -0.1) is 0 Å². The molecule has 0 aliphatic heterocycles. The Morgan fingerprint density at radius 1 is 1.17 bits per heavy atom. The second kappa shape index (κ2) is 10.4. The van der Waals surface area contributed by atoms with Gasteiger partial charge in [0.05, 0.1) is 31.0 Å². The number of methoxy groups -OCH3 is 2. The van der Waals surface area contributed by atoms with E-state index in [4.69, 9.17) is 25.8 Å². The predicted molar refractivity (Wildman–Crippen MR) is 120 cm³/mol. The molecule has 1 aromatic heterocycles. The van der Waals surface area contributed by atoms with Gasteiger partial charge in [0.15, 0.2) is 16.3 Å². The third-order valence-corrected chi connectivity index (χ3v) is 5.62. The summed E-state index contributed by atoms with van der Waals surface area (Å²) in [6.45, 7) is 3.71. The molecule has 0 saturated heterocycles. The van der Waals surface area contributed by atoms with Crippen LogP contribution in [0.25, 0.3) is 16.3 Å². The molecule has 30 heavy (non-hydrogen) atoms. The van der Waals surface area contributed by atoms with E-state index in [1.165, 1.54) is 17.4 Å². The molecule has 0 saturated carbocycles. The average Bonchev–Trinajstić information content (AvgIpc) is 3.08. The first-order valence-electron chi connectivity index (χ1n) is 9.41. The molecule has 1 heterocycles. The molecule has 0 N–H and O–H groups in total. The zero-order chi connectivity index (χ0) is 21.5. The molecule has 0 aliphatic carbocycles. The molecule has 3 rings (SSSR count). The van der Waals surface area contributed by atoms with E-state index in [9.17, 15) is 4.79 Å². The Morgan fingerprint density at radius 3 is 2.70 bits per heavy atom. The van der Waals surface area contributed by atoms with Gasteiger partial charge in [-0.05, 0) is 48.9 Å². The van der Waals surface area contributed by atoms with Crippen LogP contribution in [0.4, 0.5) is 0 Å². The van der Waals surface area contributed by atoms with Gasteiger partial charge in [-0.25, -0.2) is 0 Å². The first-order chi connectivity index (χ1) is 14.5. The molecule has 0 radical (unpaired) electrons. The van der Waals surface area contributed by atoms with E-state index in [-0.39, 0.29) is 5.91 Å². The van der Waals surface area contributed by atoms with Gasteiger partial charge in [-0.2, -0.15) is 4.99 Å². The van der Waals surface area contributed by atoms with Crippen LogP contribution >= 0.6 is 22.9 Å². The monoisotopic (exact) mass is 446 g/mol. The van der Waals surface area contributed by atoms with Crippen LogP contribution in [-0.4, -0.2) is 37.9 Å². The number of benzene rings is 2. The Labute approximate surface area is 184 Å². The molecule has 158 valence electrons. The molecule has 0 atom stereocenters. The van der Waals surface area contributed by atoms with Crippen LogP contribution in [0.1, 0.15) is 12.5 Å². The number of halogens is 1. The molecule has 0 unspecified atom stereocenters. The van der Waals surface area contributed by atoms with Gasteiger partial charge < -0.3 is 18.8 Å². The van der Waals surface area contributed by atoms with Crippen molar-refractivity contribution >= 4 is 45.1 Å². The lowest BCUT2D eigenvalue weighted by molar-refractivity contribution is -0.113. The van der Waals surface area contributed by atoms with Crippen molar-refractivity contribution in [3.05, 3.63) is 57.9 Å². The van der Waals surface area contributed by atoms with E-state index in [1.807, 2.05) is 35.8 Å². The van der Waals surface area contributed by atoms with E-state index in [0.717, 1.165) is 15.8 Å². The highest BCUT2D eigenvalue weighted by molar-refractivity contribution is 7.16. The van der Waals surface area contributed by atoms with Crippen molar-refractivity contribution < 1.29 is 19.0 Å². The molecule has 0 bridgehead atoms. The lowest BCUT2D eigenvalue weighted by atomic mass is 10.2. The summed E-state index contributed by atoms with van der Waals surface area (Å²) in [5.41, 5.74) is 1.78. The predicted octanol–water partition coefficient (Wildman–Crippen LogP) is 4.55. The first kappa shape index (κ1) is 22.1. The van der Waals surface area contributed by atoms with E-state index >= 15 is 0 Å². The Hall–Kier alpha value is -2.61. The van der Waals surface area contributed by atoms with E-state index in [2.05, 4.69) is 4.99 Å². The molecular weight excluding hydrogens is 424 g/mol. The zero-order valence-electron chi connectivity index (χ0n) is 17.1. The number of aromatic nitrogens is 1. The lowest BCUT2D eigenvalue weighted by Gasteiger charge is -2.07. The minimum absolute atomic E-state index is 0.354. The number of rotatable bonds is 8. The molecule has 8 heteroatoms. The number of carbonyl (C=O) groups excluding carboxylic acids is 1. The summed E-state index contributed by atoms with van der Waals surface area (Å²) >= 11 is 7.54. The second-order valence-electron chi connectivity index (χ2n) is 6.24. The summed E-state index contributed by atoms with van der Waals surface area (Å²) < 4.78 is 19.0. The molecular formula is C22H23ClN2O4S. The summed E-state index contributed by atoms with van der Waals surface area (Å²) in [7, 11) is 3.15. The van der Waals surface area contributed by atoms with E-state index < -0.39 is 0 Å². The number of carbonyl (C=O) groups is 1. The molecule has 1 amide bonds. The summed E-state index contributed by atoms with van der Waals surface area (Å²) in [6.07, 6.45) is 3.13. The van der Waals surface area contributed by atoms with Gasteiger partial charge in [0.2, 0.25) is 0 Å². The molecule has 0 spiro atoms. The van der Waals surface area contributed by atoms with Crippen molar-refractivity contribution in [2.24, 2.45) is 4.99 Å². The minimum atomic E-state index is -0.354. The summed E-state index contributed by atoms with van der Waals surface area (Å²) in [5, 5.41) is 0.645. The van der Waals surface area contributed by atoms with Gasteiger partial charge in [0, 0.05) is 24.3 Å².